The van der Waals surface area contributed by atoms with Gasteiger partial charge in [0.05, 0.1) is 6.26 Å². The van der Waals surface area contributed by atoms with Crippen molar-refractivity contribution >= 4 is 5.91 Å². The molecular formula is C13H20N2O2. The van der Waals surface area contributed by atoms with E-state index in [-0.39, 0.29) is 5.91 Å². The first-order chi connectivity index (χ1) is 8.22. The molecule has 4 heteroatoms. The average molecular weight is 236 g/mol. The number of carbonyl (C=O) groups is 1. The fourth-order valence-electron chi connectivity index (χ4n) is 2.45. The molecule has 1 aromatic heterocycles. The smallest absolute Gasteiger partial charge is 0.289 e. The Balaban J connectivity index is 1.95. The minimum absolute atomic E-state index is 0.0109. The van der Waals surface area contributed by atoms with Gasteiger partial charge in [0.15, 0.2) is 5.76 Å². The molecule has 0 radical (unpaired) electrons. The van der Waals surface area contributed by atoms with Crippen molar-refractivity contribution in [2.45, 2.75) is 26.3 Å². The molecule has 17 heavy (non-hydrogen) atoms. The molecule has 2 unspecified atom stereocenters. The molecule has 0 aromatic carbocycles. The van der Waals surface area contributed by atoms with Crippen molar-refractivity contribution in [1.29, 1.82) is 0 Å². The van der Waals surface area contributed by atoms with E-state index in [0.717, 1.165) is 26.1 Å². The second-order valence-corrected chi connectivity index (χ2v) is 4.66. The zero-order valence-electron chi connectivity index (χ0n) is 10.5. The van der Waals surface area contributed by atoms with Crippen molar-refractivity contribution in [3.05, 3.63) is 24.2 Å². The van der Waals surface area contributed by atoms with Crippen LogP contribution in [-0.4, -0.2) is 36.5 Å². The second kappa shape index (κ2) is 5.36. The Morgan fingerprint density at radius 3 is 3.06 bits per heavy atom. The predicted octanol–water partition coefficient (Wildman–Crippen LogP) is 1.74. The number of likely N-dealkylation sites (tertiary alicyclic amines) is 1. The number of piperidine rings is 1. The van der Waals surface area contributed by atoms with Gasteiger partial charge in [0.1, 0.15) is 0 Å². The van der Waals surface area contributed by atoms with Gasteiger partial charge in [0.2, 0.25) is 0 Å². The Morgan fingerprint density at radius 1 is 1.65 bits per heavy atom. The van der Waals surface area contributed by atoms with Gasteiger partial charge in [-0.15, -0.1) is 0 Å². The lowest BCUT2D eigenvalue weighted by Gasteiger charge is -2.36. The number of nitrogens with one attached hydrogen (secondary N) is 1. The highest BCUT2D eigenvalue weighted by Crippen LogP contribution is 2.19. The molecular weight excluding hydrogens is 216 g/mol. The van der Waals surface area contributed by atoms with Crippen LogP contribution in [0.15, 0.2) is 22.8 Å². The van der Waals surface area contributed by atoms with E-state index < -0.39 is 0 Å². The van der Waals surface area contributed by atoms with Gasteiger partial charge in [-0.3, -0.25) is 4.79 Å². The van der Waals surface area contributed by atoms with Gasteiger partial charge in [0.25, 0.3) is 5.91 Å². The van der Waals surface area contributed by atoms with E-state index in [4.69, 9.17) is 4.42 Å². The quantitative estimate of drug-likeness (QED) is 0.869. The molecule has 1 aliphatic heterocycles. The first kappa shape index (κ1) is 12.2. The predicted molar refractivity (Wildman–Crippen MR) is 65.9 cm³/mol. The number of nitrogens with zero attached hydrogens (tertiary/aromatic N) is 1. The third-order valence-electron chi connectivity index (χ3n) is 3.39. The maximum atomic E-state index is 12.1. The van der Waals surface area contributed by atoms with E-state index in [9.17, 15) is 4.79 Å². The normalized spacial score (nSPS) is 24.9. The molecule has 4 nitrogen and oxygen atoms in total. The Hall–Kier alpha value is -1.29. The average Bonchev–Trinajstić information content (AvgIpc) is 2.84. The highest BCUT2D eigenvalue weighted by atomic mass is 16.3. The van der Waals surface area contributed by atoms with E-state index in [0.29, 0.717) is 17.7 Å². The van der Waals surface area contributed by atoms with Crippen molar-refractivity contribution in [2.24, 2.45) is 5.92 Å². The van der Waals surface area contributed by atoms with Crippen molar-refractivity contribution < 1.29 is 9.21 Å². The monoisotopic (exact) mass is 236 g/mol. The van der Waals surface area contributed by atoms with Crippen molar-refractivity contribution in [3.63, 3.8) is 0 Å². The molecule has 0 spiro atoms. The van der Waals surface area contributed by atoms with Crippen LogP contribution in [0.4, 0.5) is 0 Å². The number of hydrogen-bond donors (Lipinski definition) is 1. The molecule has 2 rings (SSSR count). The molecule has 1 aromatic rings. The first-order valence-electron chi connectivity index (χ1n) is 6.28. The molecule has 1 aliphatic rings. The summed E-state index contributed by atoms with van der Waals surface area (Å²) in [6.45, 7) is 6.90. The summed E-state index contributed by atoms with van der Waals surface area (Å²) in [7, 11) is 0. The molecule has 1 saturated heterocycles. The minimum Gasteiger partial charge on any atom is -0.459 e. The van der Waals surface area contributed by atoms with Gasteiger partial charge in [0, 0.05) is 19.1 Å². The summed E-state index contributed by atoms with van der Waals surface area (Å²) < 4.78 is 5.15. The molecule has 1 N–H and O–H groups in total. The van der Waals surface area contributed by atoms with Crippen LogP contribution >= 0.6 is 0 Å². The summed E-state index contributed by atoms with van der Waals surface area (Å²) in [6, 6.07) is 4.01. The van der Waals surface area contributed by atoms with Crippen LogP contribution in [0.3, 0.4) is 0 Å². The Bertz CT molecular complexity index is 362. The zero-order valence-corrected chi connectivity index (χ0v) is 10.5. The van der Waals surface area contributed by atoms with Crippen LogP contribution < -0.4 is 5.32 Å². The van der Waals surface area contributed by atoms with E-state index in [2.05, 4.69) is 19.2 Å². The van der Waals surface area contributed by atoms with E-state index >= 15 is 0 Å². The van der Waals surface area contributed by atoms with Crippen molar-refractivity contribution in [3.8, 4) is 0 Å². The fourth-order valence-corrected chi connectivity index (χ4v) is 2.45. The van der Waals surface area contributed by atoms with Crippen LogP contribution in [0.5, 0.6) is 0 Å². The lowest BCUT2D eigenvalue weighted by molar-refractivity contribution is 0.0614. The number of amides is 1. The van der Waals surface area contributed by atoms with Crippen LogP contribution in [0.1, 0.15) is 30.8 Å². The molecule has 0 aliphatic carbocycles. The molecule has 2 atom stereocenters. The molecule has 94 valence electrons. The summed E-state index contributed by atoms with van der Waals surface area (Å²) in [5.74, 6) is 0.943. The lowest BCUT2D eigenvalue weighted by Crippen LogP contribution is -2.50. The van der Waals surface area contributed by atoms with Crippen molar-refractivity contribution in [2.75, 3.05) is 19.6 Å². The molecule has 1 fully saturated rings. The molecule has 0 bridgehead atoms. The SMILES string of the molecule is CCNC1CCN(C(=O)c2ccco2)CC1C. The fraction of sp³-hybridized carbons (Fsp3) is 0.615. The van der Waals surface area contributed by atoms with Crippen molar-refractivity contribution in [1.82, 2.24) is 10.2 Å². The standard InChI is InChI=1S/C13H20N2O2/c1-3-14-11-6-7-15(9-10(11)2)13(16)12-5-4-8-17-12/h4-5,8,10-11,14H,3,6-7,9H2,1-2H3. The van der Waals surface area contributed by atoms with Gasteiger partial charge in [-0.05, 0) is 31.0 Å². The summed E-state index contributed by atoms with van der Waals surface area (Å²) in [5.41, 5.74) is 0. The van der Waals surface area contributed by atoms with Gasteiger partial charge in [-0.2, -0.15) is 0 Å². The van der Waals surface area contributed by atoms with Gasteiger partial charge in [-0.1, -0.05) is 13.8 Å². The Kier molecular flexibility index (Phi) is 3.84. The zero-order chi connectivity index (χ0) is 12.3. The topological polar surface area (TPSA) is 45.5 Å². The third kappa shape index (κ3) is 2.69. The summed E-state index contributed by atoms with van der Waals surface area (Å²) in [5, 5.41) is 3.47. The molecule has 2 heterocycles. The number of furan rings is 1. The summed E-state index contributed by atoms with van der Waals surface area (Å²) in [6.07, 6.45) is 2.56. The lowest BCUT2D eigenvalue weighted by atomic mass is 9.93. The maximum absolute atomic E-state index is 12.1. The van der Waals surface area contributed by atoms with Crippen LogP contribution in [0.25, 0.3) is 0 Å². The number of rotatable bonds is 3. The Labute approximate surface area is 102 Å². The largest absolute Gasteiger partial charge is 0.459 e. The van der Waals surface area contributed by atoms with E-state index in [1.807, 2.05) is 4.90 Å². The van der Waals surface area contributed by atoms with Crippen LogP contribution in [0.2, 0.25) is 0 Å². The third-order valence-corrected chi connectivity index (χ3v) is 3.39. The molecule has 1 amide bonds. The Morgan fingerprint density at radius 2 is 2.47 bits per heavy atom. The van der Waals surface area contributed by atoms with Crippen LogP contribution in [0, 0.1) is 5.92 Å². The maximum Gasteiger partial charge on any atom is 0.289 e. The number of carbonyl (C=O) groups excluding carboxylic acids is 1. The summed E-state index contributed by atoms with van der Waals surface area (Å²) >= 11 is 0. The van der Waals surface area contributed by atoms with Crippen LogP contribution in [-0.2, 0) is 0 Å². The summed E-state index contributed by atoms with van der Waals surface area (Å²) in [4.78, 5) is 14.0. The second-order valence-electron chi connectivity index (χ2n) is 4.66. The highest BCUT2D eigenvalue weighted by molar-refractivity contribution is 5.91. The highest BCUT2D eigenvalue weighted by Gasteiger charge is 2.29. The minimum atomic E-state index is 0.0109. The number of hydrogen-bond acceptors (Lipinski definition) is 3. The van der Waals surface area contributed by atoms with Gasteiger partial charge >= 0.3 is 0 Å². The van der Waals surface area contributed by atoms with Gasteiger partial charge in [-0.25, -0.2) is 0 Å². The van der Waals surface area contributed by atoms with E-state index in [1.165, 1.54) is 0 Å². The van der Waals surface area contributed by atoms with E-state index in [1.54, 1.807) is 18.4 Å². The first-order valence-corrected chi connectivity index (χ1v) is 6.28. The van der Waals surface area contributed by atoms with Gasteiger partial charge < -0.3 is 14.6 Å². The molecule has 0 saturated carbocycles.